The van der Waals surface area contributed by atoms with Gasteiger partial charge >= 0.3 is 0 Å². The highest BCUT2D eigenvalue weighted by Crippen LogP contribution is 2.21. The topological polar surface area (TPSA) is 39.9 Å². The van der Waals surface area contributed by atoms with Gasteiger partial charge in [0.25, 0.3) is 0 Å². The summed E-state index contributed by atoms with van der Waals surface area (Å²) in [6.07, 6.45) is 3.29. The third-order valence-corrected chi connectivity index (χ3v) is 2.74. The van der Waals surface area contributed by atoms with Gasteiger partial charge < -0.3 is 4.74 Å². The summed E-state index contributed by atoms with van der Waals surface area (Å²) in [5.41, 5.74) is 1.97. The summed E-state index contributed by atoms with van der Waals surface area (Å²) in [4.78, 5) is 1.56. The van der Waals surface area contributed by atoms with Crippen LogP contribution in [0.15, 0.2) is 67.0 Å². The lowest BCUT2D eigenvalue weighted by Gasteiger charge is -2.10. The Bertz CT molecular complexity index is 636. The zero-order valence-corrected chi connectivity index (χ0v) is 10.3. The molecule has 1 aromatic heterocycles. The fraction of sp³-hybridized carbons (Fsp3) is 0.0667. The van der Waals surface area contributed by atoms with Crippen molar-refractivity contribution in [3.63, 3.8) is 0 Å². The van der Waals surface area contributed by atoms with Crippen LogP contribution in [0.25, 0.3) is 5.69 Å². The average Bonchev–Trinajstić information content (AvgIpc) is 3.01. The van der Waals surface area contributed by atoms with Crippen LogP contribution in [0.3, 0.4) is 0 Å². The number of hydrogen-bond acceptors (Lipinski definition) is 3. The van der Waals surface area contributed by atoms with Gasteiger partial charge in [-0.15, -0.1) is 4.80 Å². The van der Waals surface area contributed by atoms with E-state index in [-0.39, 0.29) is 0 Å². The Balaban J connectivity index is 1.82. The molecule has 3 rings (SSSR count). The molecule has 0 unspecified atom stereocenters. The van der Waals surface area contributed by atoms with Gasteiger partial charge in [-0.2, -0.15) is 10.2 Å². The smallest absolute Gasteiger partial charge is 0.147 e. The number of benzene rings is 2. The molecule has 0 atom stereocenters. The normalized spacial score (nSPS) is 10.3. The van der Waals surface area contributed by atoms with Gasteiger partial charge in [0.15, 0.2) is 0 Å². The first-order chi connectivity index (χ1) is 9.43. The van der Waals surface area contributed by atoms with E-state index in [1.807, 2.05) is 54.6 Å². The van der Waals surface area contributed by atoms with Gasteiger partial charge in [-0.1, -0.05) is 42.5 Å². The van der Waals surface area contributed by atoms with Crippen LogP contribution in [0.5, 0.6) is 5.75 Å². The molecule has 1 heterocycles. The zero-order valence-electron chi connectivity index (χ0n) is 10.3. The lowest BCUT2D eigenvalue weighted by Crippen LogP contribution is -2.03. The van der Waals surface area contributed by atoms with Crippen LogP contribution in [0.4, 0.5) is 0 Å². The number of ether oxygens (including phenoxy) is 1. The van der Waals surface area contributed by atoms with Gasteiger partial charge in [0.2, 0.25) is 0 Å². The first kappa shape index (κ1) is 11.5. The standard InChI is InChI=1S/C15H13N3O/c1-2-6-13(7-3-1)12-19-15-9-5-4-8-14(15)18-16-10-11-17-18/h1-11H,12H2. The van der Waals surface area contributed by atoms with Crippen molar-refractivity contribution in [2.24, 2.45) is 0 Å². The minimum atomic E-state index is 0.527. The van der Waals surface area contributed by atoms with Crippen molar-refractivity contribution in [3.8, 4) is 11.4 Å². The van der Waals surface area contributed by atoms with Crippen LogP contribution in [-0.2, 0) is 6.61 Å². The molecule has 0 aliphatic heterocycles. The molecule has 94 valence electrons. The summed E-state index contributed by atoms with van der Waals surface area (Å²) in [6, 6.07) is 17.8. The second-order valence-corrected chi connectivity index (χ2v) is 4.06. The Morgan fingerprint density at radius 2 is 1.53 bits per heavy atom. The van der Waals surface area contributed by atoms with Gasteiger partial charge in [-0.25, -0.2) is 0 Å². The van der Waals surface area contributed by atoms with E-state index >= 15 is 0 Å². The quantitative estimate of drug-likeness (QED) is 0.715. The second kappa shape index (κ2) is 5.35. The first-order valence-corrected chi connectivity index (χ1v) is 6.06. The number of para-hydroxylation sites is 2. The molecule has 0 aliphatic carbocycles. The summed E-state index contributed by atoms with van der Waals surface area (Å²) in [5.74, 6) is 0.766. The zero-order chi connectivity index (χ0) is 12.9. The Kier molecular flexibility index (Phi) is 3.23. The number of rotatable bonds is 4. The van der Waals surface area contributed by atoms with Crippen LogP contribution in [0.1, 0.15) is 5.56 Å². The predicted molar refractivity (Wildman–Crippen MR) is 72.1 cm³/mol. The van der Waals surface area contributed by atoms with Crippen LogP contribution in [0, 0.1) is 0 Å². The van der Waals surface area contributed by atoms with Crippen molar-refractivity contribution < 1.29 is 4.74 Å². The van der Waals surface area contributed by atoms with Crippen molar-refractivity contribution in [2.75, 3.05) is 0 Å². The van der Waals surface area contributed by atoms with Gasteiger partial charge in [-0.05, 0) is 17.7 Å². The maximum atomic E-state index is 5.85. The van der Waals surface area contributed by atoms with E-state index in [2.05, 4.69) is 10.2 Å². The molecule has 3 aromatic rings. The van der Waals surface area contributed by atoms with E-state index in [1.54, 1.807) is 17.2 Å². The molecular weight excluding hydrogens is 238 g/mol. The third kappa shape index (κ3) is 2.63. The predicted octanol–water partition coefficient (Wildman–Crippen LogP) is 2.85. The van der Waals surface area contributed by atoms with Crippen molar-refractivity contribution in [1.82, 2.24) is 15.0 Å². The van der Waals surface area contributed by atoms with Crippen molar-refractivity contribution >= 4 is 0 Å². The summed E-state index contributed by atoms with van der Waals surface area (Å²) in [5, 5.41) is 8.26. The molecule has 0 fully saturated rings. The average molecular weight is 251 g/mol. The van der Waals surface area contributed by atoms with E-state index in [0.29, 0.717) is 6.61 Å². The minimum absolute atomic E-state index is 0.527. The van der Waals surface area contributed by atoms with Gasteiger partial charge in [0, 0.05) is 0 Å². The molecule has 0 spiro atoms. The van der Waals surface area contributed by atoms with E-state index < -0.39 is 0 Å². The van der Waals surface area contributed by atoms with Crippen molar-refractivity contribution in [2.45, 2.75) is 6.61 Å². The lowest BCUT2D eigenvalue weighted by molar-refractivity contribution is 0.304. The molecule has 19 heavy (non-hydrogen) atoms. The fourth-order valence-corrected chi connectivity index (χ4v) is 1.82. The van der Waals surface area contributed by atoms with E-state index in [1.165, 1.54) is 0 Å². The van der Waals surface area contributed by atoms with Crippen LogP contribution >= 0.6 is 0 Å². The molecule has 0 radical (unpaired) electrons. The Hall–Kier alpha value is -2.62. The molecule has 0 saturated heterocycles. The minimum Gasteiger partial charge on any atom is -0.487 e. The molecule has 0 N–H and O–H groups in total. The Morgan fingerprint density at radius 1 is 0.842 bits per heavy atom. The number of hydrogen-bond donors (Lipinski definition) is 0. The Labute approximate surface area is 111 Å². The molecule has 0 aliphatic rings. The Morgan fingerprint density at radius 3 is 2.32 bits per heavy atom. The third-order valence-electron chi connectivity index (χ3n) is 2.74. The van der Waals surface area contributed by atoms with Gasteiger partial charge in [0.05, 0.1) is 12.4 Å². The van der Waals surface area contributed by atoms with E-state index in [9.17, 15) is 0 Å². The fourth-order valence-electron chi connectivity index (χ4n) is 1.82. The molecule has 0 amide bonds. The molecule has 2 aromatic carbocycles. The van der Waals surface area contributed by atoms with Crippen molar-refractivity contribution in [1.29, 1.82) is 0 Å². The first-order valence-electron chi connectivity index (χ1n) is 6.06. The maximum Gasteiger partial charge on any atom is 0.147 e. The lowest BCUT2D eigenvalue weighted by atomic mass is 10.2. The second-order valence-electron chi connectivity index (χ2n) is 4.06. The molecule has 0 saturated carbocycles. The van der Waals surface area contributed by atoms with Gasteiger partial charge in [0.1, 0.15) is 18.0 Å². The van der Waals surface area contributed by atoms with Crippen LogP contribution < -0.4 is 4.74 Å². The van der Waals surface area contributed by atoms with E-state index in [0.717, 1.165) is 17.0 Å². The molecule has 0 bridgehead atoms. The monoisotopic (exact) mass is 251 g/mol. The molecule has 4 nitrogen and oxygen atoms in total. The molecule has 4 heteroatoms. The molecular formula is C15H13N3O. The highest BCUT2D eigenvalue weighted by atomic mass is 16.5. The SMILES string of the molecule is c1ccc(COc2ccccc2-n2nccn2)cc1. The maximum absolute atomic E-state index is 5.85. The summed E-state index contributed by atoms with van der Waals surface area (Å²) < 4.78 is 5.85. The summed E-state index contributed by atoms with van der Waals surface area (Å²) in [6.45, 7) is 0.527. The van der Waals surface area contributed by atoms with Gasteiger partial charge in [-0.3, -0.25) is 0 Å². The highest BCUT2D eigenvalue weighted by molar-refractivity contribution is 5.44. The van der Waals surface area contributed by atoms with Crippen LogP contribution in [-0.4, -0.2) is 15.0 Å². The number of aromatic nitrogens is 3. The van der Waals surface area contributed by atoms with Crippen molar-refractivity contribution in [3.05, 3.63) is 72.6 Å². The number of nitrogens with zero attached hydrogens (tertiary/aromatic N) is 3. The summed E-state index contributed by atoms with van der Waals surface area (Å²) in [7, 11) is 0. The summed E-state index contributed by atoms with van der Waals surface area (Å²) >= 11 is 0. The van der Waals surface area contributed by atoms with E-state index in [4.69, 9.17) is 4.74 Å². The largest absolute Gasteiger partial charge is 0.487 e. The van der Waals surface area contributed by atoms with Crippen LogP contribution in [0.2, 0.25) is 0 Å². The highest BCUT2D eigenvalue weighted by Gasteiger charge is 2.06.